The molecular formula is C10H10NS+. The number of aryl methyl sites for hydroxylation is 1. The number of thiazole rings is 1. The third-order valence-electron chi connectivity index (χ3n) is 1.98. The number of nitrogens with zero attached hydrogens (tertiary/aromatic N) is 1. The first-order chi connectivity index (χ1) is 5.83. The molecule has 0 spiro atoms. The molecule has 2 rings (SSSR count). The summed E-state index contributed by atoms with van der Waals surface area (Å²) in [6.45, 7) is 5.92. The molecule has 0 bridgehead atoms. The van der Waals surface area contributed by atoms with Crippen LogP contribution in [0.1, 0.15) is 11.1 Å². The monoisotopic (exact) mass is 176 g/mol. The van der Waals surface area contributed by atoms with E-state index in [-0.39, 0.29) is 0 Å². The summed E-state index contributed by atoms with van der Waals surface area (Å²) in [5.41, 5.74) is 2.53. The van der Waals surface area contributed by atoms with Gasteiger partial charge < -0.3 is 0 Å². The van der Waals surface area contributed by atoms with E-state index in [0.29, 0.717) is 0 Å². The van der Waals surface area contributed by atoms with Crippen LogP contribution in [0, 0.1) is 6.92 Å². The summed E-state index contributed by atoms with van der Waals surface area (Å²) >= 11 is 1.74. The van der Waals surface area contributed by atoms with Gasteiger partial charge in [0.05, 0.1) is 10.9 Å². The van der Waals surface area contributed by atoms with E-state index in [1.807, 2.05) is 6.08 Å². The Morgan fingerprint density at radius 2 is 2.33 bits per heavy atom. The Kier molecular flexibility index (Phi) is 1.70. The maximum absolute atomic E-state index is 3.81. The van der Waals surface area contributed by atoms with Crippen molar-refractivity contribution < 1.29 is 4.40 Å². The highest BCUT2D eigenvalue weighted by Gasteiger charge is 2.09. The molecule has 2 aromatic heterocycles. The molecule has 60 valence electrons. The van der Waals surface area contributed by atoms with Crippen molar-refractivity contribution in [2.75, 3.05) is 0 Å². The summed E-state index contributed by atoms with van der Waals surface area (Å²) in [4.78, 5) is 1.27. The highest BCUT2D eigenvalue weighted by atomic mass is 32.1. The fourth-order valence-electron chi connectivity index (χ4n) is 1.31. The minimum atomic E-state index is 1.24. The molecule has 1 nitrogen and oxygen atoms in total. The highest BCUT2D eigenvalue weighted by Crippen LogP contribution is 2.16. The molecule has 2 heterocycles. The minimum absolute atomic E-state index is 1.24. The molecule has 0 saturated carbocycles. The molecule has 0 aliphatic rings. The minimum Gasteiger partial charge on any atom is -0.157 e. The van der Waals surface area contributed by atoms with E-state index in [0.717, 1.165) is 0 Å². The van der Waals surface area contributed by atoms with Crippen molar-refractivity contribution in [2.24, 2.45) is 0 Å². The van der Waals surface area contributed by atoms with Crippen LogP contribution in [-0.4, -0.2) is 0 Å². The Bertz CT molecular complexity index is 428. The Labute approximate surface area is 75.6 Å². The first-order valence-electron chi connectivity index (χ1n) is 3.83. The van der Waals surface area contributed by atoms with Gasteiger partial charge in [-0.3, -0.25) is 0 Å². The lowest BCUT2D eigenvalue weighted by Gasteiger charge is -1.94. The molecule has 0 unspecified atom stereocenters. The van der Waals surface area contributed by atoms with Gasteiger partial charge in [-0.15, -0.1) is 0 Å². The lowest BCUT2D eigenvalue weighted by atomic mass is 10.2. The fourth-order valence-corrected chi connectivity index (χ4v) is 2.24. The van der Waals surface area contributed by atoms with Crippen molar-refractivity contribution in [2.45, 2.75) is 6.92 Å². The van der Waals surface area contributed by atoms with Crippen molar-refractivity contribution in [3.63, 3.8) is 0 Å². The number of rotatable bonds is 1. The zero-order chi connectivity index (χ0) is 8.55. The van der Waals surface area contributed by atoms with E-state index < -0.39 is 0 Å². The normalized spacial score (nSPS) is 10.4. The van der Waals surface area contributed by atoms with Crippen LogP contribution in [0.25, 0.3) is 10.9 Å². The average Bonchev–Trinajstić information content (AvgIpc) is 2.52. The SMILES string of the molecule is C=Cc1c(C)cc[n+]2ccsc12. The quantitative estimate of drug-likeness (QED) is 0.588. The van der Waals surface area contributed by atoms with E-state index >= 15 is 0 Å². The van der Waals surface area contributed by atoms with Crippen molar-refractivity contribution >= 4 is 22.2 Å². The van der Waals surface area contributed by atoms with Gasteiger partial charge in [0.2, 0.25) is 0 Å². The average molecular weight is 176 g/mol. The third-order valence-corrected chi connectivity index (χ3v) is 2.89. The molecule has 12 heavy (non-hydrogen) atoms. The molecule has 0 aromatic carbocycles. The largest absolute Gasteiger partial charge is 0.274 e. The number of hydrogen-bond acceptors (Lipinski definition) is 1. The van der Waals surface area contributed by atoms with Gasteiger partial charge in [-0.2, -0.15) is 4.40 Å². The van der Waals surface area contributed by atoms with Crippen LogP contribution in [0.4, 0.5) is 0 Å². The fraction of sp³-hybridized carbons (Fsp3) is 0.100. The molecule has 0 aliphatic heterocycles. The molecule has 0 amide bonds. The van der Waals surface area contributed by atoms with Crippen LogP contribution in [0.5, 0.6) is 0 Å². The molecule has 0 saturated heterocycles. The number of pyridine rings is 1. The molecule has 0 fully saturated rings. The van der Waals surface area contributed by atoms with Gasteiger partial charge in [0.1, 0.15) is 0 Å². The zero-order valence-corrected chi connectivity index (χ0v) is 7.77. The molecule has 0 N–H and O–H groups in total. The number of fused-ring (bicyclic) bond motifs is 1. The summed E-state index contributed by atoms with van der Waals surface area (Å²) in [5, 5.41) is 2.09. The van der Waals surface area contributed by atoms with Crippen molar-refractivity contribution in [1.29, 1.82) is 0 Å². The molecule has 2 heteroatoms. The molecule has 2 aromatic rings. The summed E-state index contributed by atoms with van der Waals surface area (Å²) < 4.78 is 2.12. The van der Waals surface area contributed by atoms with Crippen molar-refractivity contribution in [3.8, 4) is 0 Å². The first kappa shape index (κ1) is 7.50. The highest BCUT2D eigenvalue weighted by molar-refractivity contribution is 7.15. The second-order valence-corrected chi connectivity index (χ2v) is 3.63. The van der Waals surface area contributed by atoms with Gasteiger partial charge in [0.25, 0.3) is 4.83 Å². The van der Waals surface area contributed by atoms with Crippen LogP contribution >= 0.6 is 11.3 Å². The van der Waals surface area contributed by atoms with Gasteiger partial charge in [-0.1, -0.05) is 24.0 Å². The Morgan fingerprint density at radius 1 is 1.50 bits per heavy atom. The van der Waals surface area contributed by atoms with E-state index in [9.17, 15) is 0 Å². The number of hydrogen-bond donors (Lipinski definition) is 0. The van der Waals surface area contributed by atoms with Gasteiger partial charge >= 0.3 is 0 Å². The second-order valence-electron chi connectivity index (χ2n) is 2.73. The summed E-state index contributed by atoms with van der Waals surface area (Å²) in [7, 11) is 0. The summed E-state index contributed by atoms with van der Waals surface area (Å²) in [6.07, 6.45) is 6.06. The van der Waals surface area contributed by atoms with Gasteiger partial charge in [0.15, 0.2) is 12.4 Å². The lowest BCUT2D eigenvalue weighted by molar-refractivity contribution is -0.507. The Morgan fingerprint density at radius 3 is 3.08 bits per heavy atom. The van der Waals surface area contributed by atoms with Crippen LogP contribution in [0.15, 0.2) is 30.4 Å². The van der Waals surface area contributed by atoms with E-state index in [1.165, 1.54) is 16.0 Å². The topological polar surface area (TPSA) is 4.10 Å². The Balaban J connectivity index is 2.91. The first-order valence-corrected chi connectivity index (χ1v) is 4.71. The van der Waals surface area contributed by atoms with Crippen molar-refractivity contribution in [3.05, 3.63) is 41.5 Å². The van der Waals surface area contributed by atoms with E-state index in [4.69, 9.17) is 0 Å². The maximum atomic E-state index is 3.81. The molecule has 0 radical (unpaired) electrons. The summed E-state index contributed by atoms with van der Waals surface area (Å²) in [6, 6.07) is 2.11. The third kappa shape index (κ3) is 0.959. The summed E-state index contributed by atoms with van der Waals surface area (Å²) in [5.74, 6) is 0. The van der Waals surface area contributed by atoms with E-state index in [2.05, 4.69) is 41.7 Å². The van der Waals surface area contributed by atoms with Gasteiger partial charge in [-0.05, 0) is 12.5 Å². The van der Waals surface area contributed by atoms with Gasteiger partial charge in [0, 0.05) is 6.07 Å². The predicted molar refractivity (Wildman–Crippen MR) is 52.3 cm³/mol. The standard InChI is InChI=1S/C10H10NS/c1-3-9-8(2)4-5-11-6-7-12-10(9)11/h3-7H,1H2,2H3/q+1. The van der Waals surface area contributed by atoms with Crippen LogP contribution < -0.4 is 4.40 Å². The zero-order valence-electron chi connectivity index (χ0n) is 6.95. The second kappa shape index (κ2) is 2.72. The molecule has 0 atom stereocenters. The van der Waals surface area contributed by atoms with Crippen molar-refractivity contribution in [1.82, 2.24) is 0 Å². The van der Waals surface area contributed by atoms with Gasteiger partial charge in [-0.25, -0.2) is 0 Å². The lowest BCUT2D eigenvalue weighted by Crippen LogP contribution is -2.17. The number of aromatic nitrogens is 1. The van der Waals surface area contributed by atoms with Crippen LogP contribution in [0.2, 0.25) is 0 Å². The Hall–Kier alpha value is -1.15. The smallest absolute Gasteiger partial charge is 0.157 e. The molecule has 0 aliphatic carbocycles. The predicted octanol–water partition coefficient (Wildman–Crippen LogP) is 2.44. The molecular weight excluding hydrogens is 166 g/mol. The van der Waals surface area contributed by atoms with E-state index in [1.54, 1.807) is 11.3 Å². The van der Waals surface area contributed by atoms with Crippen LogP contribution in [-0.2, 0) is 0 Å². The maximum Gasteiger partial charge on any atom is 0.274 e. The van der Waals surface area contributed by atoms with Crippen LogP contribution in [0.3, 0.4) is 0 Å².